The number of carbonyl (C=O) groups excluding carboxylic acids is 2. The van der Waals surface area contributed by atoms with Crippen molar-refractivity contribution in [3.05, 3.63) is 53.8 Å². The van der Waals surface area contributed by atoms with Crippen LogP contribution in [0.2, 0.25) is 0 Å². The molecule has 1 aromatic carbocycles. The highest BCUT2D eigenvalue weighted by Crippen LogP contribution is 2.48. The van der Waals surface area contributed by atoms with Crippen LogP contribution in [-0.2, 0) is 14.3 Å². The Balaban J connectivity index is 2.17. The van der Waals surface area contributed by atoms with Gasteiger partial charge >= 0.3 is 0 Å². The zero-order valence-corrected chi connectivity index (χ0v) is 14.3. The number of nitrogens with one attached hydrogen (secondary N) is 1. The van der Waals surface area contributed by atoms with E-state index in [0.29, 0.717) is 18.6 Å². The van der Waals surface area contributed by atoms with Crippen LogP contribution in [0.5, 0.6) is 0 Å². The van der Waals surface area contributed by atoms with Crippen LogP contribution in [-0.4, -0.2) is 18.9 Å². The number of ether oxygens (including phenoxy) is 1. The van der Waals surface area contributed by atoms with Gasteiger partial charge in [0.05, 0.1) is 13.0 Å². The van der Waals surface area contributed by atoms with Gasteiger partial charge in [0.2, 0.25) is 11.8 Å². The van der Waals surface area contributed by atoms with Gasteiger partial charge < -0.3 is 4.74 Å². The molecule has 118 valence electrons. The Hall–Kier alpha value is -2.14. The predicted octanol–water partition coefficient (Wildman–Crippen LogP) is 3.49. The van der Waals surface area contributed by atoms with Crippen molar-refractivity contribution in [1.82, 2.24) is 5.32 Å². The molecule has 1 aliphatic carbocycles. The van der Waals surface area contributed by atoms with Gasteiger partial charge in [-0.1, -0.05) is 47.3 Å². The SMILES string of the molecule is C=C(Br)c1cccc2c1C(=C)C(OC)=C2C1CCC(=O)NC1=O. The molecule has 3 rings (SSSR count). The van der Waals surface area contributed by atoms with E-state index >= 15 is 0 Å². The molecule has 1 saturated heterocycles. The summed E-state index contributed by atoms with van der Waals surface area (Å²) in [6.07, 6.45) is 0.794. The molecule has 0 saturated carbocycles. The summed E-state index contributed by atoms with van der Waals surface area (Å²) < 4.78 is 6.30. The van der Waals surface area contributed by atoms with Crippen molar-refractivity contribution >= 4 is 43.4 Å². The lowest BCUT2D eigenvalue weighted by Crippen LogP contribution is -2.41. The van der Waals surface area contributed by atoms with E-state index in [-0.39, 0.29) is 11.8 Å². The molecule has 1 fully saturated rings. The van der Waals surface area contributed by atoms with E-state index in [4.69, 9.17) is 4.74 Å². The van der Waals surface area contributed by atoms with Gasteiger partial charge in [-0.15, -0.1) is 0 Å². The van der Waals surface area contributed by atoms with Crippen LogP contribution in [0.15, 0.2) is 37.1 Å². The summed E-state index contributed by atoms with van der Waals surface area (Å²) in [6.45, 7) is 8.08. The lowest BCUT2D eigenvalue weighted by molar-refractivity contribution is -0.134. The molecule has 1 aromatic rings. The highest BCUT2D eigenvalue weighted by Gasteiger charge is 2.38. The number of halogens is 1. The van der Waals surface area contributed by atoms with Gasteiger partial charge in [0.1, 0.15) is 5.76 Å². The summed E-state index contributed by atoms with van der Waals surface area (Å²) in [5.41, 5.74) is 4.29. The smallest absolute Gasteiger partial charge is 0.234 e. The number of hydrogen-bond donors (Lipinski definition) is 1. The van der Waals surface area contributed by atoms with Gasteiger partial charge in [-0.25, -0.2) is 0 Å². The molecule has 0 bridgehead atoms. The maximum Gasteiger partial charge on any atom is 0.234 e. The molecule has 2 aliphatic rings. The Bertz CT molecular complexity index is 791. The summed E-state index contributed by atoms with van der Waals surface area (Å²) in [7, 11) is 1.57. The molecule has 1 atom stereocenters. The van der Waals surface area contributed by atoms with Crippen LogP contribution >= 0.6 is 15.9 Å². The second kappa shape index (κ2) is 5.81. The predicted molar refractivity (Wildman–Crippen MR) is 93.2 cm³/mol. The van der Waals surface area contributed by atoms with Gasteiger partial charge in [0.25, 0.3) is 0 Å². The Labute approximate surface area is 143 Å². The standard InChI is InChI=1S/C18H16BrNO3/c1-9-15-11(10(2)19)5-4-6-12(15)16(17(9)23-3)13-7-8-14(21)20-18(13)22/h4-6,13H,1-2,7-8H2,3H3,(H,20,21,22). The maximum atomic E-state index is 12.3. The van der Waals surface area contributed by atoms with E-state index in [1.807, 2.05) is 18.2 Å². The van der Waals surface area contributed by atoms with Crippen molar-refractivity contribution in [3.8, 4) is 0 Å². The van der Waals surface area contributed by atoms with E-state index < -0.39 is 5.92 Å². The van der Waals surface area contributed by atoms with E-state index in [9.17, 15) is 9.59 Å². The Kier molecular flexibility index (Phi) is 3.98. The Morgan fingerprint density at radius 1 is 1.39 bits per heavy atom. The van der Waals surface area contributed by atoms with E-state index in [1.54, 1.807) is 7.11 Å². The number of methoxy groups -OCH3 is 1. The molecule has 0 aromatic heterocycles. The number of hydrogen-bond acceptors (Lipinski definition) is 3. The highest BCUT2D eigenvalue weighted by atomic mass is 79.9. The third-order valence-electron chi connectivity index (χ3n) is 4.26. The number of rotatable bonds is 3. The third kappa shape index (κ3) is 2.45. The van der Waals surface area contributed by atoms with Gasteiger partial charge in [0, 0.05) is 27.6 Å². The number of benzene rings is 1. The molecule has 4 nitrogen and oxygen atoms in total. The molecular formula is C18H16BrNO3. The number of allylic oxidation sites excluding steroid dienone is 1. The van der Waals surface area contributed by atoms with Gasteiger partial charge in [-0.3, -0.25) is 14.9 Å². The van der Waals surface area contributed by atoms with E-state index in [2.05, 4.69) is 34.4 Å². The summed E-state index contributed by atoms with van der Waals surface area (Å²) >= 11 is 3.42. The molecule has 23 heavy (non-hydrogen) atoms. The second-order valence-electron chi connectivity index (χ2n) is 5.56. The van der Waals surface area contributed by atoms with Crippen molar-refractivity contribution < 1.29 is 14.3 Å². The minimum Gasteiger partial charge on any atom is -0.496 e. The average molecular weight is 374 g/mol. The zero-order valence-electron chi connectivity index (χ0n) is 12.7. The number of carbonyl (C=O) groups is 2. The fourth-order valence-corrected chi connectivity index (χ4v) is 3.60. The van der Waals surface area contributed by atoms with Crippen LogP contribution in [0.1, 0.15) is 29.5 Å². The Morgan fingerprint density at radius 3 is 2.74 bits per heavy atom. The number of piperidine rings is 1. The fraction of sp³-hybridized carbons (Fsp3) is 0.222. The molecule has 0 spiro atoms. The normalized spacial score (nSPS) is 20.4. The molecule has 1 heterocycles. The first kappa shape index (κ1) is 15.7. The molecular weight excluding hydrogens is 358 g/mol. The molecule has 1 aliphatic heterocycles. The molecule has 0 radical (unpaired) electrons. The molecule has 1 unspecified atom stereocenters. The fourth-order valence-electron chi connectivity index (χ4n) is 3.27. The van der Waals surface area contributed by atoms with E-state index in [1.165, 1.54) is 0 Å². The van der Waals surface area contributed by atoms with Gasteiger partial charge in [-0.05, 0) is 17.5 Å². The van der Waals surface area contributed by atoms with Crippen LogP contribution in [0, 0.1) is 5.92 Å². The lowest BCUT2D eigenvalue weighted by atomic mass is 9.86. The summed E-state index contributed by atoms with van der Waals surface area (Å²) in [4.78, 5) is 23.7. The summed E-state index contributed by atoms with van der Waals surface area (Å²) in [5.74, 6) is -0.324. The largest absolute Gasteiger partial charge is 0.496 e. The average Bonchev–Trinajstić information content (AvgIpc) is 2.79. The van der Waals surface area contributed by atoms with Crippen LogP contribution in [0.4, 0.5) is 0 Å². The topological polar surface area (TPSA) is 55.4 Å². The highest BCUT2D eigenvalue weighted by molar-refractivity contribution is 9.15. The monoisotopic (exact) mass is 373 g/mol. The number of amides is 2. The maximum absolute atomic E-state index is 12.3. The first-order valence-electron chi connectivity index (χ1n) is 7.25. The zero-order chi connectivity index (χ0) is 16.7. The lowest BCUT2D eigenvalue weighted by Gasteiger charge is -2.23. The minimum atomic E-state index is -0.417. The molecule has 1 N–H and O–H groups in total. The van der Waals surface area contributed by atoms with Crippen molar-refractivity contribution in [3.63, 3.8) is 0 Å². The van der Waals surface area contributed by atoms with Crippen molar-refractivity contribution in [1.29, 1.82) is 0 Å². The quantitative estimate of drug-likeness (QED) is 0.825. The van der Waals surface area contributed by atoms with E-state index in [0.717, 1.165) is 32.3 Å². The first-order valence-corrected chi connectivity index (χ1v) is 8.04. The number of fused-ring (bicyclic) bond motifs is 1. The number of imide groups is 1. The Morgan fingerprint density at radius 2 is 2.13 bits per heavy atom. The van der Waals surface area contributed by atoms with Crippen LogP contribution in [0.25, 0.3) is 15.6 Å². The van der Waals surface area contributed by atoms with Crippen LogP contribution < -0.4 is 5.32 Å². The summed E-state index contributed by atoms with van der Waals surface area (Å²) in [5, 5.41) is 2.41. The summed E-state index contributed by atoms with van der Waals surface area (Å²) in [6, 6.07) is 5.81. The first-order chi connectivity index (χ1) is 11.0. The third-order valence-corrected chi connectivity index (χ3v) is 4.69. The van der Waals surface area contributed by atoms with Crippen LogP contribution in [0.3, 0.4) is 0 Å². The van der Waals surface area contributed by atoms with Gasteiger partial charge in [0.15, 0.2) is 0 Å². The molecule has 2 amide bonds. The second-order valence-corrected chi connectivity index (χ2v) is 6.52. The van der Waals surface area contributed by atoms with Gasteiger partial charge in [-0.2, -0.15) is 0 Å². The van der Waals surface area contributed by atoms with Crippen molar-refractivity contribution in [2.45, 2.75) is 12.8 Å². The minimum absolute atomic E-state index is 0.231. The molecule has 5 heteroatoms. The van der Waals surface area contributed by atoms with Crippen molar-refractivity contribution in [2.24, 2.45) is 5.92 Å². The van der Waals surface area contributed by atoms with Crippen molar-refractivity contribution in [2.75, 3.05) is 7.11 Å².